The van der Waals surface area contributed by atoms with E-state index in [4.69, 9.17) is 4.74 Å². The fraction of sp³-hybridized carbons (Fsp3) is 0.647. The van der Waals surface area contributed by atoms with Crippen LogP contribution in [0.3, 0.4) is 0 Å². The Labute approximate surface area is 136 Å². The lowest BCUT2D eigenvalue weighted by molar-refractivity contribution is -0.120. The first-order chi connectivity index (χ1) is 10.7. The van der Waals surface area contributed by atoms with Crippen molar-refractivity contribution in [3.8, 4) is 0 Å². The minimum absolute atomic E-state index is 0.0511. The summed E-state index contributed by atoms with van der Waals surface area (Å²) < 4.78 is 5.10. The highest BCUT2D eigenvalue weighted by atomic mass is 32.1. The molecule has 0 aromatic carbocycles. The molecule has 1 heterocycles. The van der Waals surface area contributed by atoms with E-state index in [1.165, 1.54) is 17.8 Å². The number of esters is 1. The van der Waals surface area contributed by atoms with Crippen LogP contribution in [0.25, 0.3) is 0 Å². The lowest BCUT2D eigenvalue weighted by Gasteiger charge is -2.20. The molecule has 1 aliphatic rings. The van der Waals surface area contributed by atoms with Crippen LogP contribution in [0.4, 0.5) is 5.00 Å². The van der Waals surface area contributed by atoms with E-state index >= 15 is 0 Å². The fourth-order valence-corrected chi connectivity index (χ4v) is 3.99. The summed E-state index contributed by atoms with van der Waals surface area (Å²) in [5.41, 5.74) is 0.499. The van der Waals surface area contributed by atoms with Gasteiger partial charge in [-0.1, -0.05) is 32.6 Å². The second-order valence-corrected chi connectivity index (χ2v) is 6.89. The Bertz CT molecular complexity index is 518. The van der Waals surface area contributed by atoms with Crippen molar-refractivity contribution in [3.63, 3.8) is 0 Å². The Morgan fingerprint density at radius 3 is 2.64 bits per heavy atom. The first-order valence-corrected chi connectivity index (χ1v) is 9.08. The van der Waals surface area contributed by atoms with E-state index in [0.29, 0.717) is 17.2 Å². The third-order valence-corrected chi connectivity index (χ3v) is 5.10. The van der Waals surface area contributed by atoms with Crippen LogP contribution in [0, 0.1) is 5.92 Å². The van der Waals surface area contributed by atoms with Gasteiger partial charge in [0.1, 0.15) is 5.00 Å². The number of nitrogens with one attached hydrogen (secondary N) is 1. The maximum absolute atomic E-state index is 12.4. The molecular formula is C17H25NO3S. The number of amides is 1. The van der Waals surface area contributed by atoms with Crippen molar-refractivity contribution in [3.05, 3.63) is 16.5 Å². The van der Waals surface area contributed by atoms with Crippen LogP contribution in [-0.4, -0.2) is 18.5 Å². The van der Waals surface area contributed by atoms with Crippen LogP contribution in [-0.2, 0) is 16.0 Å². The number of hydrogen-bond donors (Lipinski definition) is 1. The number of rotatable bonds is 6. The molecule has 22 heavy (non-hydrogen) atoms. The van der Waals surface area contributed by atoms with Crippen molar-refractivity contribution in [1.82, 2.24) is 0 Å². The van der Waals surface area contributed by atoms with Crippen molar-refractivity contribution < 1.29 is 14.3 Å². The summed E-state index contributed by atoms with van der Waals surface area (Å²) in [6, 6.07) is 1.86. The van der Waals surface area contributed by atoms with Gasteiger partial charge in [0.25, 0.3) is 0 Å². The minimum atomic E-state index is -0.347. The lowest BCUT2D eigenvalue weighted by Crippen LogP contribution is -2.25. The van der Waals surface area contributed by atoms with Gasteiger partial charge in [-0.25, -0.2) is 4.79 Å². The predicted molar refractivity (Wildman–Crippen MR) is 89.5 cm³/mol. The summed E-state index contributed by atoms with van der Waals surface area (Å²) in [5.74, 6) is -0.212. The largest absolute Gasteiger partial charge is 0.462 e. The Balaban J connectivity index is 2.13. The van der Waals surface area contributed by atoms with Crippen LogP contribution < -0.4 is 5.32 Å². The van der Waals surface area contributed by atoms with Crippen molar-refractivity contribution >= 4 is 28.2 Å². The number of anilines is 1. The maximum Gasteiger partial charge on any atom is 0.341 e. The number of ether oxygens (including phenoxy) is 1. The third-order valence-electron chi connectivity index (χ3n) is 3.99. The SMILES string of the molecule is CCCc1cc(C(=O)OCC)c(NC(=O)C2CCCCC2)s1. The van der Waals surface area contributed by atoms with Gasteiger partial charge in [0, 0.05) is 10.8 Å². The number of aryl methyl sites for hydroxylation is 1. The smallest absolute Gasteiger partial charge is 0.341 e. The zero-order valence-corrected chi connectivity index (χ0v) is 14.3. The normalized spacial score (nSPS) is 15.5. The molecular weight excluding hydrogens is 298 g/mol. The summed E-state index contributed by atoms with van der Waals surface area (Å²) in [6.45, 7) is 4.23. The van der Waals surface area contributed by atoms with E-state index in [2.05, 4.69) is 12.2 Å². The minimum Gasteiger partial charge on any atom is -0.462 e. The Morgan fingerprint density at radius 2 is 2.00 bits per heavy atom. The van der Waals surface area contributed by atoms with Gasteiger partial charge in [0.05, 0.1) is 12.2 Å². The van der Waals surface area contributed by atoms with Crippen molar-refractivity contribution in [2.75, 3.05) is 11.9 Å². The zero-order chi connectivity index (χ0) is 15.9. The van der Waals surface area contributed by atoms with E-state index in [0.717, 1.165) is 43.4 Å². The Hall–Kier alpha value is -1.36. The molecule has 122 valence electrons. The van der Waals surface area contributed by atoms with Gasteiger partial charge >= 0.3 is 5.97 Å². The van der Waals surface area contributed by atoms with Gasteiger partial charge in [0.15, 0.2) is 0 Å². The van der Waals surface area contributed by atoms with E-state index in [-0.39, 0.29) is 17.8 Å². The fourth-order valence-electron chi connectivity index (χ4n) is 2.84. The maximum atomic E-state index is 12.4. The highest BCUT2D eigenvalue weighted by molar-refractivity contribution is 7.16. The summed E-state index contributed by atoms with van der Waals surface area (Å²) in [5, 5.41) is 3.63. The molecule has 0 spiro atoms. The number of carbonyl (C=O) groups is 2. The molecule has 0 bridgehead atoms. The van der Waals surface area contributed by atoms with E-state index in [1.807, 2.05) is 6.07 Å². The summed E-state index contributed by atoms with van der Waals surface area (Å²) >= 11 is 1.50. The average molecular weight is 323 g/mol. The van der Waals surface area contributed by atoms with Gasteiger partial charge in [-0.15, -0.1) is 11.3 Å². The highest BCUT2D eigenvalue weighted by Gasteiger charge is 2.24. The Morgan fingerprint density at radius 1 is 1.27 bits per heavy atom. The molecule has 1 aliphatic carbocycles. The van der Waals surface area contributed by atoms with Crippen LogP contribution in [0.2, 0.25) is 0 Å². The standard InChI is InChI=1S/C17H25NO3S/c1-3-8-13-11-14(17(20)21-4-2)16(22-13)18-15(19)12-9-6-5-7-10-12/h11-12H,3-10H2,1-2H3,(H,18,19). The first kappa shape index (κ1) is 17.0. The molecule has 0 radical (unpaired) electrons. The van der Waals surface area contributed by atoms with Crippen LogP contribution in [0.1, 0.15) is 67.6 Å². The molecule has 1 saturated carbocycles. The van der Waals surface area contributed by atoms with E-state index in [1.54, 1.807) is 6.92 Å². The van der Waals surface area contributed by atoms with E-state index in [9.17, 15) is 9.59 Å². The first-order valence-electron chi connectivity index (χ1n) is 8.26. The molecule has 1 aromatic heterocycles. The van der Waals surface area contributed by atoms with Gasteiger partial charge < -0.3 is 10.1 Å². The molecule has 0 unspecified atom stereocenters. The number of thiophene rings is 1. The summed E-state index contributed by atoms with van der Waals surface area (Å²) in [6.07, 6.45) is 7.29. The van der Waals surface area contributed by atoms with Crippen molar-refractivity contribution in [2.24, 2.45) is 5.92 Å². The van der Waals surface area contributed by atoms with Crippen LogP contribution in [0.5, 0.6) is 0 Å². The van der Waals surface area contributed by atoms with E-state index < -0.39 is 0 Å². The predicted octanol–water partition coefficient (Wildman–Crippen LogP) is 4.40. The molecule has 1 amide bonds. The Kier molecular flexibility index (Phi) is 6.43. The van der Waals surface area contributed by atoms with Gasteiger partial charge in [-0.05, 0) is 32.3 Å². The van der Waals surface area contributed by atoms with Gasteiger partial charge in [-0.3, -0.25) is 4.79 Å². The van der Waals surface area contributed by atoms with Crippen LogP contribution >= 0.6 is 11.3 Å². The average Bonchev–Trinajstić information content (AvgIpc) is 2.91. The summed E-state index contributed by atoms with van der Waals surface area (Å²) in [4.78, 5) is 25.6. The number of carbonyl (C=O) groups excluding carboxylic acids is 2. The topological polar surface area (TPSA) is 55.4 Å². The molecule has 0 saturated heterocycles. The molecule has 0 atom stereocenters. The number of hydrogen-bond acceptors (Lipinski definition) is 4. The molecule has 1 aromatic rings. The van der Waals surface area contributed by atoms with Gasteiger partial charge in [0.2, 0.25) is 5.91 Å². The molecule has 5 heteroatoms. The third kappa shape index (κ3) is 4.32. The zero-order valence-electron chi connectivity index (χ0n) is 13.4. The molecule has 4 nitrogen and oxygen atoms in total. The molecule has 0 aliphatic heterocycles. The van der Waals surface area contributed by atoms with Crippen molar-refractivity contribution in [1.29, 1.82) is 0 Å². The van der Waals surface area contributed by atoms with Crippen molar-refractivity contribution in [2.45, 2.75) is 58.8 Å². The summed E-state index contributed by atoms with van der Waals surface area (Å²) in [7, 11) is 0. The van der Waals surface area contributed by atoms with Gasteiger partial charge in [-0.2, -0.15) is 0 Å². The second kappa shape index (κ2) is 8.32. The molecule has 2 rings (SSSR count). The van der Waals surface area contributed by atoms with Crippen LogP contribution in [0.15, 0.2) is 6.07 Å². The monoisotopic (exact) mass is 323 g/mol. The molecule has 1 fully saturated rings. The molecule has 1 N–H and O–H groups in total. The quantitative estimate of drug-likeness (QED) is 0.790. The second-order valence-electron chi connectivity index (χ2n) is 5.75. The highest BCUT2D eigenvalue weighted by Crippen LogP contribution is 2.32. The lowest BCUT2D eigenvalue weighted by atomic mass is 9.89.